The first kappa shape index (κ1) is 14.1. The number of rotatable bonds is 6. The zero-order chi connectivity index (χ0) is 14.0. The molecule has 1 aromatic carbocycles. The van der Waals surface area contributed by atoms with E-state index in [0.29, 0.717) is 0 Å². The van der Waals surface area contributed by atoms with Crippen LogP contribution in [0.1, 0.15) is 43.7 Å². The molecule has 0 aromatic heterocycles. The predicted octanol–water partition coefficient (Wildman–Crippen LogP) is 2.99. The van der Waals surface area contributed by atoms with E-state index in [4.69, 9.17) is 5.73 Å². The summed E-state index contributed by atoms with van der Waals surface area (Å²) in [7, 11) is 0. The van der Waals surface area contributed by atoms with Crippen LogP contribution in [0.4, 0.5) is 0 Å². The second-order valence-corrected chi connectivity index (χ2v) is 6.76. The van der Waals surface area contributed by atoms with Gasteiger partial charge in [0, 0.05) is 18.6 Å². The molecule has 2 N–H and O–H groups in total. The minimum Gasteiger partial charge on any atom is -0.329 e. The van der Waals surface area contributed by atoms with E-state index >= 15 is 0 Å². The van der Waals surface area contributed by atoms with E-state index in [1.807, 2.05) is 0 Å². The molecular weight excluding hydrogens is 244 g/mol. The van der Waals surface area contributed by atoms with Crippen LogP contribution in [0.5, 0.6) is 0 Å². The van der Waals surface area contributed by atoms with Gasteiger partial charge in [-0.15, -0.1) is 0 Å². The highest BCUT2D eigenvalue weighted by atomic mass is 15.2. The second-order valence-electron chi connectivity index (χ2n) is 6.76. The molecule has 20 heavy (non-hydrogen) atoms. The lowest BCUT2D eigenvalue weighted by Gasteiger charge is -2.46. The Morgan fingerprint density at radius 3 is 2.65 bits per heavy atom. The summed E-state index contributed by atoms with van der Waals surface area (Å²) in [6, 6.07) is 8.94. The number of nitrogens with two attached hydrogens (primary N) is 1. The first-order valence-electron chi connectivity index (χ1n) is 8.29. The molecule has 0 saturated heterocycles. The van der Waals surface area contributed by atoms with E-state index in [1.165, 1.54) is 50.8 Å². The Bertz CT molecular complexity index is 452. The van der Waals surface area contributed by atoms with E-state index in [9.17, 15) is 0 Å². The standard InChI is InChI=1S/C18H28N2/c1-2-11-20(13-15-7-8-15)18(14-19)10-9-16-5-3-4-6-17(16)12-18/h3-6,15H,2,7-14,19H2,1H3. The Labute approximate surface area is 123 Å². The maximum Gasteiger partial charge on any atom is 0.0375 e. The molecule has 0 aliphatic heterocycles. The molecule has 0 radical (unpaired) electrons. The van der Waals surface area contributed by atoms with Crippen molar-refractivity contribution in [2.75, 3.05) is 19.6 Å². The van der Waals surface area contributed by atoms with Gasteiger partial charge in [0.1, 0.15) is 0 Å². The molecule has 2 nitrogen and oxygen atoms in total. The van der Waals surface area contributed by atoms with Crippen molar-refractivity contribution in [3.8, 4) is 0 Å². The van der Waals surface area contributed by atoms with Crippen molar-refractivity contribution in [1.82, 2.24) is 4.90 Å². The molecular formula is C18H28N2. The minimum absolute atomic E-state index is 0.215. The number of hydrogen-bond acceptors (Lipinski definition) is 2. The molecule has 1 unspecified atom stereocenters. The van der Waals surface area contributed by atoms with E-state index < -0.39 is 0 Å². The molecule has 0 heterocycles. The molecule has 1 saturated carbocycles. The molecule has 1 aromatic rings. The summed E-state index contributed by atoms with van der Waals surface area (Å²) >= 11 is 0. The molecule has 3 rings (SSSR count). The lowest BCUT2D eigenvalue weighted by molar-refractivity contribution is 0.0738. The van der Waals surface area contributed by atoms with Crippen LogP contribution in [0.2, 0.25) is 0 Å². The fraction of sp³-hybridized carbons (Fsp3) is 0.667. The van der Waals surface area contributed by atoms with Gasteiger partial charge in [-0.05, 0) is 62.1 Å². The normalized spacial score (nSPS) is 25.8. The fourth-order valence-corrected chi connectivity index (χ4v) is 3.76. The number of benzene rings is 1. The highest BCUT2D eigenvalue weighted by molar-refractivity contribution is 5.32. The van der Waals surface area contributed by atoms with E-state index in [0.717, 1.165) is 18.9 Å². The van der Waals surface area contributed by atoms with Crippen LogP contribution in [-0.2, 0) is 12.8 Å². The molecule has 110 valence electrons. The van der Waals surface area contributed by atoms with Gasteiger partial charge in [-0.25, -0.2) is 0 Å². The number of aryl methyl sites for hydroxylation is 1. The topological polar surface area (TPSA) is 29.3 Å². The van der Waals surface area contributed by atoms with Crippen LogP contribution in [0, 0.1) is 5.92 Å². The zero-order valence-corrected chi connectivity index (χ0v) is 12.8. The van der Waals surface area contributed by atoms with Crippen LogP contribution in [0.3, 0.4) is 0 Å². The summed E-state index contributed by atoms with van der Waals surface area (Å²) in [6.45, 7) is 5.57. The second kappa shape index (κ2) is 5.87. The molecule has 2 aliphatic carbocycles. The van der Waals surface area contributed by atoms with Crippen LogP contribution >= 0.6 is 0 Å². The first-order chi connectivity index (χ1) is 9.77. The fourth-order valence-electron chi connectivity index (χ4n) is 3.76. The molecule has 2 heteroatoms. The summed E-state index contributed by atoms with van der Waals surface area (Å²) in [5.74, 6) is 0.946. The lowest BCUT2D eigenvalue weighted by Crippen LogP contribution is -2.58. The van der Waals surface area contributed by atoms with E-state index in [1.54, 1.807) is 5.56 Å². The smallest absolute Gasteiger partial charge is 0.0375 e. The van der Waals surface area contributed by atoms with Crippen molar-refractivity contribution in [2.24, 2.45) is 11.7 Å². The van der Waals surface area contributed by atoms with E-state index in [2.05, 4.69) is 36.1 Å². The highest BCUT2D eigenvalue weighted by Crippen LogP contribution is 2.37. The van der Waals surface area contributed by atoms with Gasteiger partial charge in [0.05, 0.1) is 0 Å². The van der Waals surface area contributed by atoms with Gasteiger partial charge < -0.3 is 5.73 Å². The third-order valence-electron chi connectivity index (χ3n) is 5.22. The summed E-state index contributed by atoms with van der Waals surface area (Å²) < 4.78 is 0. The highest BCUT2D eigenvalue weighted by Gasteiger charge is 2.40. The Hall–Kier alpha value is -0.860. The Balaban J connectivity index is 1.82. The van der Waals surface area contributed by atoms with Gasteiger partial charge in [-0.2, -0.15) is 0 Å². The van der Waals surface area contributed by atoms with Gasteiger partial charge in [0.25, 0.3) is 0 Å². The van der Waals surface area contributed by atoms with Crippen LogP contribution in [0.15, 0.2) is 24.3 Å². The average molecular weight is 272 g/mol. The Morgan fingerprint density at radius 1 is 1.25 bits per heavy atom. The number of nitrogens with zero attached hydrogens (tertiary/aromatic N) is 1. The molecule has 0 spiro atoms. The summed E-state index contributed by atoms with van der Waals surface area (Å²) in [4.78, 5) is 2.74. The van der Waals surface area contributed by atoms with Crippen LogP contribution < -0.4 is 5.73 Å². The molecule has 0 bridgehead atoms. The zero-order valence-electron chi connectivity index (χ0n) is 12.8. The summed E-state index contributed by atoms with van der Waals surface area (Å²) in [5, 5.41) is 0. The van der Waals surface area contributed by atoms with Crippen molar-refractivity contribution in [3.63, 3.8) is 0 Å². The van der Waals surface area contributed by atoms with Gasteiger partial charge >= 0.3 is 0 Å². The monoisotopic (exact) mass is 272 g/mol. The Morgan fingerprint density at radius 2 is 2.00 bits per heavy atom. The molecule has 1 atom stereocenters. The average Bonchev–Trinajstić information content (AvgIpc) is 3.30. The minimum atomic E-state index is 0.215. The summed E-state index contributed by atoms with van der Waals surface area (Å²) in [5.41, 5.74) is 9.57. The third kappa shape index (κ3) is 2.77. The quantitative estimate of drug-likeness (QED) is 0.862. The van der Waals surface area contributed by atoms with Crippen LogP contribution in [-0.4, -0.2) is 30.1 Å². The van der Waals surface area contributed by atoms with Crippen molar-refractivity contribution in [1.29, 1.82) is 0 Å². The number of hydrogen-bond donors (Lipinski definition) is 1. The Kier molecular flexibility index (Phi) is 4.13. The van der Waals surface area contributed by atoms with Crippen molar-refractivity contribution in [2.45, 2.75) is 51.0 Å². The number of fused-ring (bicyclic) bond motifs is 1. The SMILES string of the molecule is CCCN(CC1CC1)C1(CN)CCc2ccccc2C1. The first-order valence-corrected chi connectivity index (χ1v) is 8.29. The third-order valence-corrected chi connectivity index (χ3v) is 5.22. The van der Waals surface area contributed by atoms with Gasteiger partial charge in [0.2, 0.25) is 0 Å². The van der Waals surface area contributed by atoms with Crippen molar-refractivity contribution in [3.05, 3.63) is 35.4 Å². The largest absolute Gasteiger partial charge is 0.329 e. The maximum absolute atomic E-state index is 6.28. The predicted molar refractivity (Wildman–Crippen MR) is 84.8 cm³/mol. The maximum atomic E-state index is 6.28. The van der Waals surface area contributed by atoms with Gasteiger partial charge in [-0.3, -0.25) is 4.90 Å². The van der Waals surface area contributed by atoms with Crippen molar-refractivity contribution < 1.29 is 0 Å². The molecule has 2 aliphatic rings. The lowest BCUT2D eigenvalue weighted by atomic mass is 9.76. The molecule has 1 fully saturated rings. The van der Waals surface area contributed by atoms with E-state index in [-0.39, 0.29) is 5.54 Å². The van der Waals surface area contributed by atoms with Crippen molar-refractivity contribution >= 4 is 0 Å². The molecule has 0 amide bonds. The van der Waals surface area contributed by atoms with Gasteiger partial charge in [0.15, 0.2) is 0 Å². The van der Waals surface area contributed by atoms with Crippen LogP contribution in [0.25, 0.3) is 0 Å². The summed E-state index contributed by atoms with van der Waals surface area (Å²) in [6.07, 6.45) is 7.66. The van der Waals surface area contributed by atoms with Gasteiger partial charge in [-0.1, -0.05) is 31.2 Å².